The van der Waals surface area contributed by atoms with Gasteiger partial charge in [-0.3, -0.25) is 9.69 Å². The second-order valence-corrected chi connectivity index (χ2v) is 10.7. The zero-order valence-electron chi connectivity index (χ0n) is 19.5. The molecule has 4 N–H and O–H groups in total. The van der Waals surface area contributed by atoms with Crippen LogP contribution in [0.15, 0.2) is 81.0 Å². The highest BCUT2D eigenvalue weighted by Crippen LogP contribution is 2.47. The summed E-state index contributed by atoms with van der Waals surface area (Å²) in [6.45, 7) is 1.86. The predicted molar refractivity (Wildman–Crippen MR) is 135 cm³/mol. The first-order chi connectivity index (χ1) is 16.7. The molecule has 35 heavy (non-hydrogen) atoms. The Morgan fingerprint density at radius 2 is 1.77 bits per heavy atom. The van der Waals surface area contributed by atoms with Crippen LogP contribution in [0.1, 0.15) is 37.7 Å². The van der Waals surface area contributed by atoms with E-state index in [0.29, 0.717) is 36.2 Å². The van der Waals surface area contributed by atoms with Crippen molar-refractivity contribution >= 4 is 39.2 Å². The molecule has 2 aliphatic rings. The largest absolute Gasteiger partial charge is 0.463 e. The van der Waals surface area contributed by atoms with E-state index in [9.17, 15) is 18.0 Å². The average molecular weight is 514 g/mol. The maximum Gasteiger partial charge on any atom is 0.338 e. The van der Waals surface area contributed by atoms with Crippen molar-refractivity contribution in [2.75, 3.05) is 17.8 Å². The molecule has 0 saturated heterocycles. The van der Waals surface area contributed by atoms with E-state index < -0.39 is 21.9 Å². The van der Waals surface area contributed by atoms with Gasteiger partial charge in [0.1, 0.15) is 5.82 Å². The van der Waals surface area contributed by atoms with Gasteiger partial charge in [-0.25, -0.2) is 18.4 Å². The number of hydrogen-bond donors (Lipinski definition) is 2. The number of hydrogen-bond acceptors (Lipinski definition) is 8. The molecule has 8 nitrogen and oxygen atoms in total. The second kappa shape index (κ2) is 9.88. The quantitative estimate of drug-likeness (QED) is 0.444. The van der Waals surface area contributed by atoms with Gasteiger partial charge in [0.25, 0.3) is 0 Å². The molecular formula is C25H27N3O5S2. The maximum atomic E-state index is 13.3. The van der Waals surface area contributed by atoms with Crippen LogP contribution in [0.2, 0.25) is 0 Å². The molecule has 1 aliphatic heterocycles. The Hall–Kier alpha value is -3.08. The lowest BCUT2D eigenvalue weighted by Crippen LogP contribution is -2.41. The zero-order chi connectivity index (χ0) is 25.3. The number of nitrogens with zero attached hydrogens (tertiary/aromatic N) is 1. The van der Waals surface area contributed by atoms with Crippen molar-refractivity contribution in [3.05, 3.63) is 76.8 Å². The van der Waals surface area contributed by atoms with Crippen LogP contribution in [0.25, 0.3) is 0 Å². The summed E-state index contributed by atoms with van der Waals surface area (Å²) >= 11 is 1.60. The summed E-state index contributed by atoms with van der Waals surface area (Å²) in [5.74, 6) is -1.16. The highest BCUT2D eigenvalue weighted by atomic mass is 32.2. The number of sulfonamides is 1. The molecule has 0 aromatic heterocycles. The van der Waals surface area contributed by atoms with Gasteiger partial charge in [-0.2, -0.15) is 0 Å². The number of ketones is 1. The number of carbonyl (C=O) groups is 2. The van der Waals surface area contributed by atoms with Crippen LogP contribution in [0, 0.1) is 0 Å². The summed E-state index contributed by atoms with van der Waals surface area (Å²) in [6, 6.07) is 13.6. The number of benzene rings is 2. The number of Topliss-reactive ketones (excluding diaryl/α,β-unsaturated/α-hetero) is 1. The van der Waals surface area contributed by atoms with Gasteiger partial charge in [-0.1, -0.05) is 12.1 Å². The third kappa shape index (κ3) is 4.73. The lowest BCUT2D eigenvalue weighted by atomic mass is 9.75. The summed E-state index contributed by atoms with van der Waals surface area (Å²) in [5, 5.41) is 5.24. The molecule has 1 heterocycles. The number of primary sulfonamides is 1. The number of esters is 1. The molecule has 184 valence electrons. The molecule has 4 rings (SSSR count). The number of thioether (sulfide) groups is 1. The molecule has 2 aromatic rings. The van der Waals surface area contributed by atoms with E-state index in [-0.39, 0.29) is 28.7 Å². The molecule has 1 atom stereocenters. The average Bonchev–Trinajstić information content (AvgIpc) is 2.83. The van der Waals surface area contributed by atoms with Crippen molar-refractivity contribution in [1.29, 1.82) is 0 Å². The third-order valence-electron chi connectivity index (χ3n) is 6.16. The Kier molecular flexibility index (Phi) is 7.07. The summed E-state index contributed by atoms with van der Waals surface area (Å²) in [5.41, 5.74) is 9.37. The lowest BCUT2D eigenvalue weighted by Gasteiger charge is -2.40. The van der Waals surface area contributed by atoms with E-state index in [4.69, 9.17) is 15.6 Å². The normalized spacial score (nSPS) is 18.5. The first kappa shape index (κ1) is 25.0. The molecule has 0 amide bonds. The van der Waals surface area contributed by atoms with Crippen molar-refractivity contribution in [3.63, 3.8) is 0 Å². The minimum Gasteiger partial charge on any atom is -0.463 e. The Bertz CT molecular complexity index is 1330. The molecule has 0 spiro atoms. The van der Waals surface area contributed by atoms with Crippen molar-refractivity contribution in [3.8, 4) is 0 Å². The van der Waals surface area contributed by atoms with E-state index in [1.54, 1.807) is 35.7 Å². The van der Waals surface area contributed by atoms with Crippen LogP contribution in [-0.2, 0) is 24.3 Å². The van der Waals surface area contributed by atoms with Gasteiger partial charge in [-0.05, 0) is 68.0 Å². The highest BCUT2D eigenvalue weighted by molar-refractivity contribution is 7.98. The van der Waals surface area contributed by atoms with E-state index in [2.05, 4.69) is 0 Å². The van der Waals surface area contributed by atoms with Gasteiger partial charge >= 0.3 is 5.97 Å². The first-order valence-corrected chi connectivity index (χ1v) is 13.9. The Morgan fingerprint density at radius 1 is 1.11 bits per heavy atom. The Labute approximate surface area is 209 Å². The van der Waals surface area contributed by atoms with Gasteiger partial charge in [0.05, 0.1) is 23.0 Å². The van der Waals surface area contributed by atoms with Crippen molar-refractivity contribution in [1.82, 2.24) is 0 Å². The van der Waals surface area contributed by atoms with Gasteiger partial charge in [0.2, 0.25) is 10.0 Å². The minimum atomic E-state index is -3.88. The first-order valence-electron chi connectivity index (χ1n) is 11.2. The number of nitrogens with two attached hydrogens (primary N) is 2. The minimum absolute atomic E-state index is 0.0490. The molecule has 0 fully saturated rings. The van der Waals surface area contributed by atoms with Crippen LogP contribution in [-0.4, -0.2) is 33.0 Å². The van der Waals surface area contributed by atoms with E-state index in [1.165, 1.54) is 12.1 Å². The molecule has 0 saturated carbocycles. The highest BCUT2D eigenvalue weighted by Gasteiger charge is 2.43. The Balaban J connectivity index is 1.94. The standard InChI is InChI=1S/C25H27N3O5S2/c1-3-33-25(30)23-21(15-7-11-17(34-2)12-8-15)22-19(5-4-6-20(22)29)28(24(23)26)16-9-13-18(14-10-16)35(27,31)32/h7-14,21H,3-6,26H2,1-2H3,(H2,27,31,32)/t21-/m0/s1. The van der Waals surface area contributed by atoms with Gasteiger partial charge in [-0.15, -0.1) is 11.8 Å². The van der Waals surface area contributed by atoms with E-state index in [0.717, 1.165) is 10.5 Å². The molecule has 0 bridgehead atoms. The number of anilines is 1. The maximum absolute atomic E-state index is 13.3. The van der Waals surface area contributed by atoms with Crippen molar-refractivity contribution < 1.29 is 22.7 Å². The summed E-state index contributed by atoms with van der Waals surface area (Å²) in [6.07, 6.45) is 3.56. The van der Waals surface area contributed by atoms with Crippen molar-refractivity contribution in [2.24, 2.45) is 10.9 Å². The monoisotopic (exact) mass is 513 g/mol. The third-order valence-corrected chi connectivity index (χ3v) is 7.83. The summed E-state index contributed by atoms with van der Waals surface area (Å²) in [7, 11) is -3.88. The number of allylic oxidation sites excluding steroid dienone is 2. The predicted octanol–water partition coefficient (Wildman–Crippen LogP) is 3.40. The second-order valence-electron chi connectivity index (χ2n) is 8.24. The summed E-state index contributed by atoms with van der Waals surface area (Å²) < 4.78 is 28.8. The fourth-order valence-electron chi connectivity index (χ4n) is 4.61. The summed E-state index contributed by atoms with van der Waals surface area (Å²) in [4.78, 5) is 29.2. The zero-order valence-corrected chi connectivity index (χ0v) is 21.1. The number of carbonyl (C=O) groups excluding carboxylic acids is 2. The lowest BCUT2D eigenvalue weighted by molar-refractivity contribution is -0.138. The molecular weight excluding hydrogens is 486 g/mol. The van der Waals surface area contributed by atoms with Crippen LogP contribution in [0.5, 0.6) is 0 Å². The van der Waals surface area contributed by atoms with Gasteiger partial charge in [0.15, 0.2) is 5.78 Å². The van der Waals surface area contributed by atoms with Crippen molar-refractivity contribution in [2.45, 2.75) is 41.9 Å². The molecule has 0 radical (unpaired) electrons. The Morgan fingerprint density at radius 3 is 2.34 bits per heavy atom. The molecule has 2 aromatic carbocycles. The molecule has 1 aliphatic carbocycles. The van der Waals surface area contributed by atoms with Crippen LogP contribution in [0.3, 0.4) is 0 Å². The van der Waals surface area contributed by atoms with E-state index >= 15 is 0 Å². The molecule has 0 unspecified atom stereocenters. The topological polar surface area (TPSA) is 133 Å². The fourth-order valence-corrected chi connectivity index (χ4v) is 5.53. The number of ether oxygens (including phenoxy) is 1. The SMILES string of the molecule is CCOC(=O)C1=C(N)N(c2ccc(S(N)(=O)=O)cc2)C2=C(C(=O)CCC2)[C@@H]1c1ccc(SC)cc1. The van der Waals surface area contributed by atoms with E-state index in [1.807, 2.05) is 30.5 Å². The van der Waals surface area contributed by atoms with Gasteiger partial charge < -0.3 is 10.5 Å². The number of rotatable bonds is 6. The molecule has 10 heteroatoms. The smallest absolute Gasteiger partial charge is 0.338 e. The van der Waals surface area contributed by atoms with Gasteiger partial charge in [0, 0.05) is 28.3 Å². The van der Waals surface area contributed by atoms with Crippen LogP contribution < -0.4 is 15.8 Å². The fraction of sp³-hybridized carbons (Fsp3) is 0.280. The van der Waals surface area contributed by atoms with Crippen LogP contribution >= 0.6 is 11.8 Å². The van der Waals surface area contributed by atoms with Crippen LogP contribution in [0.4, 0.5) is 5.69 Å².